The van der Waals surface area contributed by atoms with Gasteiger partial charge in [0.2, 0.25) is 0 Å². The van der Waals surface area contributed by atoms with Crippen molar-refractivity contribution < 1.29 is 19.0 Å². The fraction of sp³-hybridized carbons (Fsp3) is 0.250. The van der Waals surface area contributed by atoms with Gasteiger partial charge in [-0.1, -0.05) is 23.7 Å². The molecule has 0 spiro atoms. The summed E-state index contributed by atoms with van der Waals surface area (Å²) in [4.78, 5) is 11.7. The lowest BCUT2D eigenvalue weighted by molar-refractivity contribution is -0.191. The molecule has 1 aromatic rings. The van der Waals surface area contributed by atoms with Crippen molar-refractivity contribution in [1.29, 1.82) is 0 Å². The summed E-state index contributed by atoms with van der Waals surface area (Å²) in [6, 6.07) is 7.12. The predicted octanol–water partition coefficient (Wildman–Crippen LogP) is 2.17. The third-order valence-corrected chi connectivity index (χ3v) is 2.81. The second-order valence-corrected chi connectivity index (χ2v) is 3.86. The van der Waals surface area contributed by atoms with Crippen LogP contribution in [0.4, 0.5) is 0 Å². The van der Waals surface area contributed by atoms with E-state index < -0.39 is 11.8 Å². The second kappa shape index (κ2) is 4.39. The molecule has 0 bridgehead atoms. The Bertz CT molecular complexity index is 483. The summed E-state index contributed by atoms with van der Waals surface area (Å²) in [5.41, 5.74) is 0.714. The van der Waals surface area contributed by atoms with Crippen molar-refractivity contribution in [2.24, 2.45) is 0 Å². The van der Waals surface area contributed by atoms with Gasteiger partial charge >= 0.3 is 11.8 Å². The molecule has 1 aliphatic heterocycles. The number of para-hydroxylation sites is 1. The Labute approximate surface area is 104 Å². The highest BCUT2D eigenvalue weighted by atomic mass is 35.5. The maximum absolute atomic E-state index is 11.7. The average Bonchev–Trinajstić information content (AvgIpc) is 2.37. The minimum atomic E-state index is -1.61. The lowest BCUT2D eigenvalue weighted by Gasteiger charge is -2.31. The van der Waals surface area contributed by atoms with Gasteiger partial charge in [-0.2, -0.15) is 0 Å². The van der Waals surface area contributed by atoms with Crippen molar-refractivity contribution in [2.45, 2.75) is 5.79 Å². The van der Waals surface area contributed by atoms with E-state index in [1.165, 1.54) is 20.3 Å². The van der Waals surface area contributed by atoms with Crippen LogP contribution in [0.2, 0.25) is 0 Å². The van der Waals surface area contributed by atoms with Gasteiger partial charge in [-0.25, -0.2) is 4.79 Å². The fourth-order valence-corrected chi connectivity index (χ4v) is 1.92. The Morgan fingerprint density at radius 3 is 2.71 bits per heavy atom. The summed E-state index contributed by atoms with van der Waals surface area (Å²) in [7, 11) is 2.61. The highest BCUT2D eigenvalue weighted by molar-refractivity contribution is 6.49. The number of benzene rings is 1. The molecule has 1 aliphatic rings. The monoisotopic (exact) mass is 254 g/mol. The van der Waals surface area contributed by atoms with Crippen molar-refractivity contribution in [1.82, 2.24) is 0 Å². The number of esters is 1. The molecule has 0 N–H and O–H groups in total. The summed E-state index contributed by atoms with van der Waals surface area (Å²) in [5, 5.41) is 0.388. The van der Waals surface area contributed by atoms with Crippen LogP contribution < -0.4 is 4.74 Å². The van der Waals surface area contributed by atoms with E-state index in [9.17, 15) is 4.79 Å². The summed E-state index contributed by atoms with van der Waals surface area (Å²) in [5.74, 6) is -1.79. The first-order valence-corrected chi connectivity index (χ1v) is 5.31. The number of fused-ring (bicyclic) bond motifs is 1. The summed E-state index contributed by atoms with van der Waals surface area (Å²) < 4.78 is 15.3. The van der Waals surface area contributed by atoms with E-state index in [-0.39, 0.29) is 0 Å². The third kappa shape index (κ3) is 1.90. The molecule has 17 heavy (non-hydrogen) atoms. The molecule has 5 heteroatoms. The minimum Gasteiger partial charge on any atom is -0.464 e. The number of carbonyl (C=O) groups is 1. The topological polar surface area (TPSA) is 44.8 Å². The standard InChI is InChI=1S/C12H11ClO4/c1-15-11(14)12(16-2)7-9(13)8-5-3-4-6-10(8)17-12/h3-7H,1-2H3. The van der Waals surface area contributed by atoms with Crippen molar-refractivity contribution in [3.63, 3.8) is 0 Å². The Balaban J connectivity index is 2.50. The van der Waals surface area contributed by atoms with Crippen molar-refractivity contribution in [2.75, 3.05) is 14.2 Å². The summed E-state index contributed by atoms with van der Waals surface area (Å²) >= 11 is 6.10. The lowest BCUT2D eigenvalue weighted by atomic mass is 10.1. The zero-order valence-corrected chi connectivity index (χ0v) is 10.2. The molecule has 0 fully saturated rings. The van der Waals surface area contributed by atoms with Crippen LogP contribution in [0, 0.1) is 0 Å². The number of hydrogen-bond acceptors (Lipinski definition) is 4. The Morgan fingerprint density at radius 1 is 1.35 bits per heavy atom. The van der Waals surface area contributed by atoms with Crippen LogP contribution in [0.5, 0.6) is 5.75 Å². The number of halogens is 1. The number of rotatable bonds is 2. The van der Waals surface area contributed by atoms with E-state index in [1.54, 1.807) is 18.2 Å². The molecule has 0 radical (unpaired) electrons. The van der Waals surface area contributed by atoms with E-state index in [1.807, 2.05) is 6.07 Å². The van der Waals surface area contributed by atoms with Crippen LogP contribution >= 0.6 is 11.6 Å². The average molecular weight is 255 g/mol. The lowest BCUT2D eigenvalue weighted by Crippen LogP contribution is -2.47. The molecule has 1 aromatic carbocycles. The minimum absolute atomic E-state index is 0.388. The van der Waals surface area contributed by atoms with Gasteiger partial charge in [-0.05, 0) is 12.1 Å². The molecule has 1 unspecified atom stereocenters. The first-order valence-electron chi connectivity index (χ1n) is 4.93. The van der Waals surface area contributed by atoms with E-state index in [2.05, 4.69) is 4.74 Å². The Morgan fingerprint density at radius 2 is 2.06 bits per heavy atom. The summed E-state index contributed by atoms with van der Waals surface area (Å²) in [6.07, 6.45) is 1.39. The first kappa shape index (κ1) is 12.0. The van der Waals surface area contributed by atoms with Gasteiger partial charge in [0.05, 0.1) is 12.1 Å². The van der Waals surface area contributed by atoms with Crippen molar-refractivity contribution >= 4 is 22.6 Å². The van der Waals surface area contributed by atoms with E-state index in [0.717, 1.165) is 0 Å². The van der Waals surface area contributed by atoms with Crippen LogP contribution in [-0.2, 0) is 14.3 Å². The Kier molecular flexibility index (Phi) is 3.09. The van der Waals surface area contributed by atoms with Crippen molar-refractivity contribution in [3.05, 3.63) is 35.9 Å². The van der Waals surface area contributed by atoms with Gasteiger partial charge in [0.25, 0.3) is 0 Å². The molecule has 0 saturated heterocycles. The zero-order chi connectivity index (χ0) is 12.5. The summed E-state index contributed by atoms with van der Waals surface area (Å²) in [6.45, 7) is 0. The first-order chi connectivity index (χ1) is 8.13. The largest absolute Gasteiger partial charge is 0.464 e. The highest BCUT2D eigenvalue weighted by Gasteiger charge is 2.44. The molecule has 1 atom stereocenters. The van der Waals surface area contributed by atoms with E-state index in [0.29, 0.717) is 16.3 Å². The van der Waals surface area contributed by atoms with E-state index in [4.69, 9.17) is 21.1 Å². The predicted molar refractivity (Wildman–Crippen MR) is 62.7 cm³/mol. The molecular formula is C12H11ClO4. The Hall–Kier alpha value is -1.52. The van der Waals surface area contributed by atoms with Gasteiger partial charge in [0.1, 0.15) is 5.75 Å². The van der Waals surface area contributed by atoms with E-state index >= 15 is 0 Å². The van der Waals surface area contributed by atoms with Gasteiger partial charge in [-0.15, -0.1) is 0 Å². The molecule has 1 heterocycles. The highest BCUT2D eigenvalue weighted by Crippen LogP contribution is 2.38. The third-order valence-electron chi connectivity index (χ3n) is 2.50. The fourth-order valence-electron chi connectivity index (χ4n) is 1.62. The zero-order valence-electron chi connectivity index (χ0n) is 9.40. The molecule has 0 saturated carbocycles. The molecular weight excluding hydrogens is 244 g/mol. The van der Waals surface area contributed by atoms with Gasteiger partial charge in [0, 0.05) is 18.7 Å². The number of hydrogen-bond donors (Lipinski definition) is 0. The van der Waals surface area contributed by atoms with Crippen LogP contribution in [-0.4, -0.2) is 26.0 Å². The van der Waals surface area contributed by atoms with Crippen LogP contribution in [0.1, 0.15) is 5.56 Å². The molecule has 0 aliphatic carbocycles. The van der Waals surface area contributed by atoms with Gasteiger partial charge in [0.15, 0.2) is 0 Å². The van der Waals surface area contributed by atoms with Gasteiger partial charge < -0.3 is 14.2 Å². The van der Waals surface area contributed by atoms with Crippen LogP contribution in [0.3, 0.4) is 0 Å². The van der Waals surface area contributed by atoms with Crippen molar-refractivity contribution in [3.8, 4) is 5.75 Å². The molecule has 2 rings (SSSR count). The normalized spacial score (nSPS) is 22.2. The number of carbonyl (C=O) groups excluding carboxylic acids is 1. The molecule has 0 aromatic heterocycles. The molecule has 4 nitrogen and oxygen atoms in total. The SMILES string of the molecule is COC(=O)C1(OC)C=C(Cl)c2ccccc2O1. The van der Waals surface area contributed by atoms with Crippen LogP contribution in [0.15, 0.2) is 30.3 Å². The maximum Gasteiger partial charge on any atom is 0.384 e. The second-order valence-electron chi connectivity index (χ2n) is 3.45. The molecule has 90 valence electrons. The van der Waals surface area contributed by atoms with Gasteiger partial charge in [-0.3, -0.25) is 0 Å². The smallest absolute Gasteiger partial charge is 0.384 e. The number of ether oxygens (including phenoxy) is 3. The molecule has 0 amide bonds. The quantitative estimate of drug-likeness (QED) is 0.759. The van der Waals surface area contributed by atoms with Crippen LogP contribution in [0.25, 0.3) is 5.03 Å². The number of methoxy groups -OCH3 is 2. The maximum atomic E-state index is 11.7.